The van der Waals surface area contributed by atoms with Crippen molar-refractivity contribution in [2.24, 2.45) is 5.92 Å². The summed E-state index contributed by atoms with van der Waals surface area (Å²) in [4.78, 5) is 4.81. The van der Waals surface area contributed by atoms with Crippen molar-refractivity contribution in [3.63, 3.8) is 0 Å². The number of rotatable bonds is 4. The summed E-state index contributed by atoms with van der Waals surface area (Å²) in [5, 5.41) is 4.22. The Labute approximate surface area is 119 Å². The maximum absolute atomic E-state index is 6.12. The predicted octanol–water partition coefficient (Wildman–Crippen LogP) is 3.25. The van der Waals surface area contributed by atoms with Crippen LogP contribution < -0.4 is 5.32 Å². The molecular formula is C15H20ClN3. The maximum atomic E-state index is 6.12. The minimum atomic E-state index is 0.725. The summed E-state index contributed by atoms with van der Waals surface area (Å²) in [7, 11) is 0. The molecule has 102 valence electrons. The number of benzene rings is 1. The number of nitrogens with one attached hydrogen (secondary N) is 1. The Hall–Kier alpha value is -1.06. The molecule has 0 aliphatic carbocycles. The minimum Gasteiger partial charge on any atom is -0.328 e. The third-order valence-corrected chi connectivity index (χ3v) is 4.11. The highest BCUT2D eigenvalue weighted by Gasteiger charge is 2.19. The van der Waals surface area contributed by atoms with Gasteiger partial charge in [0.15, 0.2) is 0 Å². The number of imidazole rings is 1. The van der Waals surface area contributed by atoms with E-state index in [0.29, 0.717) is 0 Å². The molecule has 0 radical (unpaired) electrons. The van der Waals surface area contributed by atoms with Crippen LogP contribution in [0, 0.1) is 5.92 Å². The van der Waals surface area contributed by atoms with Crippen LogP contribution in [0.25, 0.3) is 11.0 Å². The van der Waals surface area contributed by atoms with Crippen LogP contribution in [0.15, 0.2) is 18.2 Å². The highest BCUT2D eigenvalue weighted by Crippen LogP contribution is 2.23. The lowest BCUT2D eigenvalue weighted by atomic mass is 10.0. The van der Waals surface area contributed by atoms with Crippen LogP contribution in [0.5, 0.6) is 0 Å². The first-order valence-corrected chi connectivity index (χ1v) is 7.51. The minimum absolute atomic E-state index is 0.725. The van der Waals surface area contributed by atoms with Crippen molar-refractivity contribution < 1.29 is 0 Å². The Balaban J connectivity index is 1.98. The van der Waals surface area contributed by atoms with Crippen LogP contribution in [0.2, 0.25) is 5.02 Å². The molecule has 0 amide bonds. The third kappa shape index (κ3) is 2.63. The van der Waals surface area contributed by atoms with Crippen LogP contribution in [0.3, 0.4) is 0 Å². The average molecular weight is 278 g/mol. The molecule has 0 spiro atoms. The fraction of sp³-hybridized carbons (Fsp3) is 0.533. The van der Waals surface area contributed by atoms with Gasteiger partial charge >= 0.3 is 0 Å². The monoisotopic (exact) mass is 277 g/mol. The molecule has 1 unspecified atom stereocenters. The zero-order valence-corrected chi connectivity index (χ0v) is 12.1. The third-order valence-electron chi connectivity index (χ3n) is 3.87. The molecule has 1 aliphatic heterocycles. The molecule has 4 heteroatoms. The second-order valence-corrected chi connectivity index (χ2v) is 5.81. The molecule has 2 heterocycles. The highest BCUT2D eigenvalue weighted by atomic mass is 35.5. The Morgan fingerprint density at radius 1 is 1.47 bits per heavy atom. The molecule has 1 saturated heterocycles. The SMILES string of the molecule is CCCn1c(CC2CCNC2)nc2ccc(Cl)cc21. The van der Waals surface area contributed by atoms with Crippen LogP contribution in [-0.2, 0) is 13.0 Å². The summed E-state index contributed by atoms with van der Waals surface area (Å²) in [6.07, 6.45) is 3.45. The molecule has 0 saturated carbocycles. The van der Waals surface area contributed by atoms with E-state index >= 15 is 0 Å². The Kier molecular flexibility index (Phi) is 3.76. The van der Waals surface area contributed by atoms with Crippen molar-refractivity contribution in [2.75, 3.05) is 13.1 Å². The van der Waals surface area contributed by atoms with E-state index in [1.807, 2.05) is 18.2 Å². The van der Waals surface area contributed by atoms with E-state index in [4.69, 9.17) is 16.6 Å². The van der Waals surface area contributed by atoms with Crippen molar-refractivity contribution in [2.45, 2.75) is 32.7 Å². The highest BCUT2D eigenvalue weighted by molar-refractivity contribution is 6.31. The first-order valence-electron chi connectivity index (χ1n) is 7.13. The second-order valence-electron chi connectivity index (χ2n) is 5.38. The van der Waals surface area contributed by atoms with Gasteiger partial charge in [-0.1, -0.05) is 18.5 Å². The summed E-state index contributed by atoms with van der Waals surface area (Å²) >= 11 is 6.12. The van der Waals surface area contributed by atoms with Gasteiger partial charge in [0.2, 0.25) is 0 Å². The molecule has 1 N–H and O–H groups in total. The molecule has 19 heavy (non-hydrogen) atoms. The Bertz CT molecular complexity index is 570. The molecule has 1 aromatic heterocycles. The fourth-order valence-electron chi connectivity index (χ4n) is 2.92. The summed E-state index contributed by atoms with van der Waals surface area (Å²) in [6.45, 7) is 5.49. The van der Waals surface area contributed by atoms with Crippen molar-refractivity contribution >= 4 is 22.6 Å². The second kappa shape index (κ2) is 5.51. The molecule has 3 rings (SSSR count). The summed E-state index contributed by atoms with van der Waals surface area (Å²) in [5.41, 5.74) is 2.24. The van der Waals surface area contributed by atoms with Crippen molar-refractivity contribution in [1.29, 1.82) is 0 Å². The first kappa shape index (κ1) is 12.9. The lowest BCUT2D eigenvalue weighted by molar-refractivity contribution is 0.535. The van der Waals surface area contributed by atoms with E-state index in [9.17, 15) is 0 Å². The number of aryl methyl sites for hydroxylation is 1. The van der Waals surface area contributed by atoms with E-state index in [-0.39, 0.29) is 0 Å². The number of hydrogen-bond acceptors (Lipinski definition) is 2. The summed E-state index contributed by atoms with van der Waals surface area (Å²) in [5.74, 6) is 1.94. The molecule has 1 fully saturated rings. The van der Waals surface area contributed by atoms with Crippen LogP contribution in [-0.4, -0.2) is 22.6 Å². The quantitative estimate of drug-likeness (QED) is 0.930. The van der Waals surface area contributed by atoms with Crippen molar-refractivity contribution in [3.8, 4) is 0 Å². The fourth-order valence-corrected chi connectivity index (χ4v) is 3.09. The topological polar surface area (TPSA) is 29.9 Å². The lowest BCUT2D eigenvalue weighted by Gasteiger charge is -2.11. The van der Waals surface area contributed by atoms with Gasteiger partial charge in [-0.15, -0.1) is 0 Å². The normalized spacial score (nSPS) is 19.4. The number of hydrogen-bond donors (Lipinski definition) is 1. The van der Waals surface area contributed by atoms with Crippen LogP contribution in [0.4, 0.5) is 0 Å². The Morgan fingerprint density at radius 3 is 3.11 bits per heavy atom. The molecule has 2 aromatic rings. The van der Waals surface area contributed by atoms with Gasteiger partial charge in [-0.25, -0.2) is 4.98 Å². The smallest absolute Gasteiger partial charge is 0.110 e. The summed E-state index contributed by atoms with van der Waals surface area (Å²) < 4.78 is 2.35. The lowest BCUT2D eigenvalue weighted by Crippen LogP contribution is -2.14. The molecule has 1 aliphatic rings. The van der Waals surface area contributed by atoms with Gasteiger partial charge in [-0.2, -0.15) is 0 Å². The van der Waals surface area contributed by atoms with Crippen LogP contribution in [0.1, 0.15) is 25.6 Å². The van der Waals surface area contributed by atoms with E-state index in [0.717, 1.165) is 48.9 Å². The number of halogens is 1. The Morgan fingerprint density at radius 2 is 2.37 bits per heavy atom. The standard InChI is InChI=1S/C15H20ClN3/c1-2-7-19-14-9-12(16)3-4-13(14)18-15(19)8-11-5-6-17-10-11/h3-4,9,11,17H,2,5-8,10H2,1H3. The van der Waals surface area contributed by atoms with E-state index in [1.54, 1.807) is 0 Å². The average Bonchev–Trinajstić information content (AvgIpc) is 3.00. The van der Waals surface area contributed by atoms with Gasteiger partial charge in [0.1, 0.15) is 5.82 Å². The predicted molar refractivity (Wildman–Crippen MR) is 79.7 cm³/mol. The van der Waals surface area contributed by atoms with Gasteiger partial charge in [0.25, 0.3) is 0 Å². The first-order chi connectivity index (χ1) is 9.28. The molecule has 1 aromatic carbocycles. The van der Waals surface area contributed by atoms with Gasteiger partial charge < -0.3 is 9.88 Å². The number of fused-ring (bicyclic) bond motifs is 1. The zero-order chi connectivity index (χ0) is 13.2. The van der Waals surface area contributed by atoms with E-state index in [2.05, 4.69) is 16.8 Å². The zero-order valence-electron chi connectivity index (χ0n) is 11.3. The van der Waals surface area contributed by atoms with Crippen molar-refractivity contribution in [3.05, 3.63) is 29.0 Å². The van der Waals surface area contributed by atoms with E-state index in [1.165, 1.54) is 17.8 Å². The largest absolute Gasteiger partial charge is 0.328 e. The molecule has 1 atom stereocenters. The number of nitrogens with zero attached hydrogens (tertiary/aromatic N) is 2. The van der Waals surface area contributed by atoms with Crippen LogP contribution >= 0.6 is 11.6 Å². The van der Waals surface area contributed by atoms with Gasteiger partial charge in [-0.3, -0.25) is 0 Å². The maximum Gasteiger partial charge on any atom is 0.110 e. The number of aromatic nitrogens is 2. The van der Waals surface area contributed by atoms with E-state index < -0.39 is 0 Å². The van der Waals surface area contributed by atoms with Gasteiger partial charge in [-0.05, 0) is 50.0 Å². The van der Waals surface area contributed by atoms with Gasteiger partial charge in [0.05, 0.1) is 11.0 Å². The van der Waals surface area contributed by atoms with Crippen molar-refractivity contribution in [1.82, 2.24) is 14.9 Å². The van der Waals surface area contributed by atoms with Gasteiger partial charge in [0, 0.05) is 18.0 Å². The molecule has 3 nitrogen and oxygen atoms in total. The summed E-state index contributed by atoms with van der Waals surface area (Å²) in [6, 6.07) is 5.99. The molecular weight excluding hydrogens is 258 g/mol. The molecule has 0 bridgehead atoms.